The van der Waals surface area contributed by atoms with Crippen molar-refractivity contribution in [3.8, 4) is 0 Å². The van der Waals surface area contributed by atoms with Crippen molar-refractivity contribution in [2.24, 2.45) is 34.3 Å². The van der Waals surface area contributed by atoms with E-state index < -0.39 is 0 Å². The van der Waals surface area contributed by atoms with E-state index in [4.69, 9.17) is 5.73 Å². The van der Waals surface area contributed by atoms with E-state index in [9.17, 15) is 0 Å². The lowest BCUT2D eigenvalue weighted by Gasteiger charge is -2.63. The van der Waals surface area contributed by atoms with Gasteiger partial charge in [-0.3, -0.25) is 0 Å². The molecule has 0 aromatic rings. The first-order valence-electron chi connectivity index (χ1n) is 9.33. The standard InChI is InChI=1S/C19H33N/c1-18-9-15-7-16(10-18)12-19(11-15,13-18)17(20)8-14-5-3-2-4-6-14/h14-17H,2-13,20H2,1H3. The second kappa shape index (κ2) is 4.73. The molecule has 0 heterocycles. The molecule has 0 aromatic carbocycles. The molecular weight excluding hydrogens is 242 g/mol. The summed E-state index contributed by atoms with van der Waals surface area (Å²) >= 11 is 0. The van der Waals surface area contributed by atoms with E-state index in [0.29, 0.717) is 16.9 Å². The Morgan fingerprint density at radius 1 is 1.00 bits per heavy atom. The maximum absolute atomic E-state index is 6.86. The van der Waals surface area contributed by atoms with Gasteiger partial charge < -0.3 is 5.73 Å². The van der Waals surface area contributed by atoms with Crippen molar-refractivity contribution in [2.45, 2.75) is 90.0 Å². The predicted octanol–water partition coefficient (Wildman–Crippen LogP) is 4.89. The Hall–Kier alpha value is -0.0400. The summed E-state index contributed by atoms with van der Waals surface area (Å²) in [5, 5.41) is 0. The summed E-state index contributed by atoms with van der Waals surface area (Å²) in [4.78, 5) is 0. The Labute approximate surface area is 125 Å². The molecule has 5 saturated carbocycles. The molecule has 1 nitrogen and oxygen atoms in total. The molecule has 0 saturated heterocycles. The fraction of sp³-hybridized carbons (Fsp3) is 1.00. The first-order chi connectivity index (χ1) is 9.57. The highest BCUT2D eigenvalue weighted by Gasteiger charge is 2.57. The molecule has 1 heteroatoms. The van der Waals surface area contributed by atoms with Crippen LogP contribution in [-0.4, -0.2) is 6.04 Å². The number of hydrogen-bond donors (Lipinski definition) is 1. The third-order valence-corrected chi connectivity index (χ3v) is 7.50. The molecule has 20 heavy (non-hydrogen) atoms. The zero-order valence-electron chi connectivity index (χ0n) is 13.4. The third-order valence-electron chi connectivity index (χ3n) is 7.50. The highest BCUT2D eigenvalue weighted by molar-refractivity contribution is 5.09. The van der Waals surface area contributed by atoms with Gasteiger partial charge in [-0.25, -0.2) is 0 Å². The highest BCUT2D eigenvalue weighted by Crippen LogP contribution is 2.66. The Balaban J connectivity index is 1.49. The van der Waals surface area contributed by atoms with Gasteiger partial charge in [0, 0.05) is 6.04 Å². The van der Waals surface area contributed by atoms with Crippen LogP contribution in [0.1, 0.15) is 84.0 Å². The van der Waals surface area contributed by atoms with Gasteiger partial charge in [-0.1, -0.05) is 39.0 Å². The molecular formula is C19H33N. The minimum absolute atomic E-state index is 0.510. The topological polar surface area (TPSA) is 26.0 Å². The van der Waals surface area contributed by atoms with Crippen molar-refractivity contribution in [2.75, 3.05) is 0 Å². The van der Waals surface area contributed by atoms with Crippen LogP contribution in [0.5, 0.6) is 0 Å². The Kier molecular flexibility index (Phi) is 3.22. The predicted molar refractivity (Wildman–Crippen MR) is 84.4 cm³/mol. The molecule has 3 unspecified atom stereocenters. The van der Waals surface area contributed by atoms with Gasteiger partial charge in [0.05, 0.1) is 0 Å². The van der Waals surface area contributed by atoms with E-state index in [-0.39, 0.29) is 0 Å². The SMILES string of the molecule is CC12CC3CC(C1)CC(C(N)CC1CCCCC1)(C3)C2. The first kappa shape index (κ1) is 13.6. The lowest BCUT2D eigenvalue weighted by Crippen LogP contribution is -2.57. The lowest BCUT2D eigenvalue weighted by atomic mass is 9.43. The fourth-order valence-corrected chi connectivity index (χ4v) is 7.26. The molecule has 5 aliphatic rings. The lowest BCUT2D eigenvalue weighted by molar-refractivity contribution is -0.115. The molecule has 0 radical (unpaired) electrons. The Morgan fingerprint density at radius 2 is 1.65 bits per heavy atom. The normalized spacial score (nSPS) is 49.5. The zero-order valence-corrected chi connectivity index (χ0v) is 13.4. The van der Waals surface area contributed by atoms with E-state index in [0.717, 1.165) is 17.8 Å². The van der Waals surface area contributed by atoms with Crippen LogP contribution < -0.4 is 5.73 Å². The van der Waals surface area contributed by atoms with Crippen molar-refractivity contribution in [1.29, 1.82) is 0 Å². The van der Waals surface area contributed by atoms with Gasteiger partial charge in [0.15, 0.2) is 0 Å². The van der Waals surface area contributed by atoms with Crippen molar-refractivity contribution in [1.82, 2.24) is 0 Å². The van der Waals surface area contributed by atoms with Gasteiger partial charge in [-0.05, 0) is 73.5 Å². The molecule has 5 rings (SSSR count). The van der Waals surface area contributed by atoms with Gasteiger partial charge in [0.1, 0.15) is 0 Å². The number of nitrogens with two attached hydrogens (primary N) is 1. The van der Waals surface area contributed by atoms with Gasteiger partial charge in [0.2, 0.25) is 0 Å². The van der Waals surface area contributed by atoms with Crippen molar-refractivity contribution in [3.05, 3.63) is 0 Å². The number of hydrogen-bond acceptors (Lipinski definition) is 1. The molecule has 0 aliphatic heterocycles. The van der Waals surface area contributed by atoms with Gasteiger partial charge in [0.25, 0.3) is 0 Å². The van der Waals surface area contributed by atoms with Crippen molar-refractivity contribution < 1.29 is 0 Å². The Bertz CT molecular complexity index is 354. The molecule has 0 aromatic heterocycles. The van der Waals surface area contributed by atoms with Gasteiger partial charge in [-0.15, -0.1) is 0 Å². The van der Waals surface area contributed by atoms with E-state index in [2.05, 4.69) is 6.92 Å². The Morgan fingerprint density at radius 3 is 2.25 bits per heavy atom. The fourth-order valence-electron chi connectivity index (χ4n) is 7.26. The molecule has 5 fully saturated rings. The summed E-state index contributed by atoms with van der Waals surface area (Å²) in [5.41, 5.74) is 8.08. The highest BCUT2D eigenvalue weighted by atomic mass is 14.7. The largest absolute Gasteiger partial charge is 0.327 e. The van der Waals surface area contributed by atoms with E-state index in [1.165, 1.54) is 77.0 Å². The summed E-state index contributed by atoms with van der Waals surface area (Å²) in [6.07, 6.45) is 17.7. The zero-order chi connectivity index (χ0) is 13.8. The minimum atomic E-state index is 0.510. The molecule has 4 bridgehead atoms. The summed E-state index contributed by atoms with van der Waals surface area (Å²) in [7, 11) is 0. The van der Waals surface area contributed by atoms with Crippen LogP contribution in [0.15, 0.2) is 0 Å². The second-order valence-corrected chi connectivity index (χ2v) is 9.48. The van der Waals surface area contributed by atoms with Crippen LogP contribution in [0.4, 0.5) is 0 Å². The molecule has 114 valence electrons. The first-order valence-corrected chi connectivity index (χ1v) is 9.33. The average Bonchev–Trinajstić information content (AvgIpc) is 2.37. The van der Waals surface area contributed by atoms with Crippen LogP contribution in [0.3, 0.4) is 0 Å². The number of rotatable bonds is 3. The molecule has 3 atom stereocenters. The van der Waals surface area contributed by atoms with Crippen LogP contribution in [0.25, 0.3) is 0 Å². The monoisotopic (exact) mass is 275 g/mol. The van der Waals surface area contributed by atoms with Crippen molar-refractivity contribution >= 4 is 0 Å². The summed E-state index contributed by atoms with van der Waals surface area (Å²) in [6.45, 7) is 2.58. The smallest absolute Gasteiger partial charge is 0.00986 e. The van der Waals surface area contributed by atoms with Gasteiger partial charge in [-0.2, -0.15) is 0 Å². The quantitative estimate of drug-likeness (QED) is 0.779. The molecule has 2 N–H and O–H groups in total. The maximum atomic E-state index is 6.86. The van der Waals surface area contributed by atoms with E-state index >= 15 is 0 Å². The van der Waals surface area contributed by atoms with Crippen LogP contribution >= 0.6 is 0 Å². The summed E-state index contributed by atoms with van der Waals surface area (Å²) in [6, 6.07) is 0.510. The summed E-state index contributed by atoms with van der Waals surface area (Å²) in [5.74, 6) is 3.01. The molecule has 5 aliphatic carbocycles. The average molecular weight is 275 g/mol. The second-order valence-electron chi connectivity index (χ2n) is 9.48. The third kappa shape index (κ3) is 2.25. The van der Waals surface area contributed by atoms with E-state index in [1.54, 1.807) is 0 Å². The van der Waals surface area contributed by atoms with Crippen molar-refractivity contribution in [3.63, 3.8) is 0 Å². The molecule has 0 spiro atoms. The van der Waals surface area contributed by atoms with Crippen LogP contribution in [0, 0.1) is 28.6 Å². The maximum Gasteiger partial charge on any atom is 0.00986 e. The molecule has 0 amide bonds. The summed E-state index contributed by atoms with van der Waals surface area (Å²) < 4.78 is 0. The minimum Gasteiger partial charge on any atom is -0.327 e. The van der Waals surface area contributed by atoms with Crippen LogP contribution in [-0.2, 0) is 0 Å². The van der Waals surface area contributed by atoms with E-state index in [1.807, 2.05) is 0 Å². The van der Waals surface area contributed by atoms with Crippen LogP contribution in [0.2, 0.25) is 0 Å². The van der Waals surface area contributed by atoms with Gasteiger partial charge >= 0.3 is 0 Å².